The standard InChI is InChI=1S/C9H18N2/c1-4-5-6-11-8-7-10(3)9(11)2/h7-9H,4-6H2,1-3H3/t9-/m1/s1. The van der Waals surface area contributed by atoms with E-state index in [4.69, 9.17) is 0 Å². The highest BCUT2D eigenvalue weighted by molar-refractivity contribution is 4.93. The SMILES string of the molecule is CCCCN1C=CN(C)[C@H]1C. The van der Waals surface area contributed by atoms with Crippen LogP contribution in [0.1, 0.15) is 26.7 Å². The minimum absolute atomic E-state index is 0.557. The summed E-state index contributed by atoms with van der Waals surface area (Å²) >= 11 is 0. The third-order valence-electron chi connectivity index (χ3n) is 2.33. The van der Waals surface area contributed by atoms with Crippen LogP contribution in [0.15, 0.2) is 12.4 Å². The van der Waals surface area contributed by atoms with Gasteiger partial charge in [-0.2, -0.15) is 0 Å². The summed E-state index contributed by atoms with van der Waals surface area (Å²) in [6, 6.07) is 0. The summed E-state index contributed by atoms with van der Waals surface area (Å²) in [6.45, 7) is 5.66. The zero-order valence-corrected chi connectivity index (χ0v) is 7.75. The average molecular weight is 154 g/mol. The molecule has 0 aromatic heterocycles. The van der Waals surface area contributed by atoms with Crippen molar-refractivity contribution in [3.8, 4) is 0 Å². The Hall–Kier alpha value is -0.660. The number of hydrogen-bond acceptors (Lipinski definition) is 2. The van der Waals surface area contributed by atoms with Gasteiger partial charge in [-0.15, -0.1) is 0 Å². The van der Waals surface area contributed by atoms with Crippen molar-refractivity contribution in [1.82, 2.24) is 9.80 Å². The van der Waals surface area contributed by atoms with E-state index < -0.39 is 0 Å². The van der Waals surface area contributed by atoms with Crippen molar-refractivity contribution in [2.75, 3.05) is 13.6 Å². The maximum atomic E-state index is 2.38. The first-order valence-electron chi connectivity index (χ1n) is 4.41. The number of unbranched alkanes of at least 4 members (excludes halogenated alkanes) is 1. The van der Waals surface area contributed by atoms with Gasteiger partial charge in [0.05, 0.1) is 6.17 Å². The van der Waals surface area contributed by atoms with Crippen molar-refractivity contribution in [2.45, 2.75) is 32.9 Å². The van der Waals surface area contributed by atoms with Crippen LogP contribution < -0.4 is 0 Å². The Bertz CT molecular complexity index is 142. The zero-order valence-electron chi connectivity index (χ0n) is 7.75. The van der Waals surface area contributed by atoms with E-state index in [1.54, 1.807) is 0 Å². The lowest BCUT2D eigenvalue weighted by Gasteiger charge is -2.26. The van der Waals surface area contributed by atoms with Crippen molar-refractivity contribution in [3.05, 3.63) is 12.4 Å². The van der Waals surface area contributed by atoms with E-state index in [-0.39, 0.29) is 0 Å². The fourth-order valence-corrected chi connectivity index (χ4v) is 1.28. The molecule has 0 aliphatic carbocycles. The quantitative estimate of drug-likeness (QED) is 0.612. The van der Waals surface area contributed by atoms with Crippen LogP contribution in [0.25, 0.3) is 0 Å². The molecule has 64 valence electrons. The number of hydrogen-bond donors (Lipinski definition) is 0. The number of nitrogens with zero attached hydrogens (tertiary/aromatic N) is 2. The monoisotopic (exact) mass is 154 g/mol. The smallest absolute Gasteiger partial charge is 0.0974 e. The number of rotatable bonds is 3. The molecule has 1 atom stereocenters. The molecule has 1 aliphatic heterocycles. The van der Waals surface area contributed by atoms with Crippen LogP contribution in [0.3, 0.4) is 0 Å². The maximum absolute atomic E-state index is 2.38. The van der Waals surface area contributed by atoms with Crippen LogP contribution in [-0.2, 0) is 0 Å². The van der Waals surface area contributed by atoms with Gasteiger partial charge < -0.3 is 9.80 Å². The fourth-order valence-electron chi connectivity index (χ4n) is 1.28. The van der Waals surface area contributed by atoms with Crippen molar-refractivity contribution in [2.24, 2.45) is 0 Å². The lowest BCUT2D eigenvalue weighted by atomic mass is 10.3. The predicted molar refractivity (Wildman–Crippen MR) is 48.0 cm³/mol. The topological polar surface area (TPSA) is 6.48 Å². The maximum Gasteiger partial charge on any atom is 0.0974 e. The van der Waals surface area contributed by atoms with Crippen LogP contribution >= 0.6 is 0 Å². The van der Waals surface area contributed by atoms with Crippen molar-refractivity contribution < 1.29 is 0 Å². The molecule has 0 N–H and O–H groups in total. The fraction of sp³-hybridized carbons (Fsp3) is 0.778. The molecule has 0 aromatic rings. The van der Waals surface area contributed by atoms with E-state index >= 15 is 0 Å². The molecule has 2 nitrogen and oxygen atoms in total. The lowest BCUT2D eigenvalue weighted by Crippen LogP contribution is -2.33. The molecule has 0 bridgehead atoms. The van der Waals surface area contributed by atoms with Gasteiger partial charge in [0.25, 0.3) is 0 Å². The first-order valence-corrected chi connectivity index (χ1v) is 4.41. The Morgan fingerprint density at radius 1 is 1.36 bits per heavy atom. The van der Waals surface area contributed by atoms with Gasteiger partial charge in [-0.1, -0.05) is 13.3 Å². The lowest BCUT2D eigenvalue weighted by molar-refractivity contribution is 0.193. The molecule has 0 fully saturated rings. The van der Waals surface area contributed by atoms with Crippen LogP contribution in [0.4, 0.5) is 0 Å². The second-order valence-corrected chi connectivity index (χ2v) is 3.19. The predicted octanol–water partition coefficient (Wildman–Crippen LogP) is 1.85. The summed E-state index contributed by atoms with van der Waals surface area (Å²) in [5.74, 6) is 0. The third kappa shape index (κ3) is 1.88. The van der Waals surface area contributed by atoms with Crippen molar-refractivity contribution in [1.29, 1.82) is 0 Å². The molecule has 11 heavy (non-hydrogen) atoms. The summed E-state index contributed by atoms with van der Waals surface area (Å²) in [7, 11) is 2.12. The van der Waals surface area contributed by atoms with Gasteiger partial charge in [0.2, 0.25) is 0 Å². The molecule has 0 spiro atoms. The highest BCUT2D eigenvalue weighted by Gasteiger charge is 2.16. The van der Waals surface area contributed by atoms with Crippen LogP contribution in [0.5, 0.6) is 0 Å². The Morgan fingerprint density at radius 3 is 2.55 bits per heavy atom. The Kier molecular flexibility index (Phi) is 2.80. The summed E-state index contributed by atoms with van der Waals surface area (Å²) in [5, 5.41) is 0. The third-order valence-corrected chi connectivity index (χ3v) is 2.33. The summed E-state index contributed by atoms with van der Waals surface area (Å²) in [4.78, 5) is 4.61. The van der Waals surface area contributed by atoms with E-state index in [1.807, 2.05) is 0 Å². The molecule has 0 saturated carbocycles. The van der Waals surface area contributed by atoms with Crippen LogP contribution in [0.2, 0.25) is 0 Å². The molecule has 1 heterocycles. The summed E-state index contributed by atoms with van der Waals surface area (Å²) in [5.41, 5.74) is 0. The highest BCUT2D eigenvalue weighted by Crippen LogP contribution is 2.13. The molecule has 0 radical (unpaired) electrons. The molecular weight excluding hydrogens is 136 g/mol. The molecule has 0 aromatic carbocycles. The zero-order chi connectivity index (χ0) is 8.27. The van der Waals surface area contributed by atoms with Gasteiger partial charge in [0, 0.05) is 26.0 Å². The highest BCUT2D eigenvalue weighted by atomic mass is 15.4. The molecular formula is C9H18N2. The largest absolute Gasteiger partial charge is 0.359 e. The Balaban J connectivity index is 2.31. The van der Waals surface area contributed by atoms with Gasteiger partial charge in [-0.3, -0.25) is 0 Å². The second kappa shape index (κ2) is 3.65. The van der Waals surface area contributed by atoms with E-state index in [2.05, 4.69) is 43.1 Å². The van der Waals surface area contributed by atoms with E-state index in [0.29, 0.717) is 6.17 Å². The Morgan fingerprint density at radius 2 is 2.09 bits per heavy atom. The molecule has 0 saturated heterocycles. The summed E-state index contributed by atoms with van der Waals surface area (Å²) < 4.78 is 0. The molecule has 1 rings (SSSR count). The molecule has 2 heteroatoms. The van der Waals surface area contributed by atoms with E-state index in [1.165, 1.54) is 19.4 Å². The van der Waals surface area contributed by atoms with Crippen LogP contribution in [0, 0.1) is 0 Å². The average Bonchev–Trinajstić information content (AvgIpc) is 2.31. The molecule has 1 aliphatic rings. The minimum Gasteiger partial charge on any atom is -0.359 e. The Labute approximate surface area is 69.5 Å². The first-order chi connectivity index (χ1) is 5.25. The van der Waals surface area contributed by atoms with Gasteiger partial charge in [0.15, 0.2) is 0 Å². The first kappa shape index (κ1) is 8.44. The van der Waals surface area contributed by atoms with E-state index in [9.17, 15) is 0 Å². The molecule has 0 amide bonds. The van der Waals surface area contributed by atoms with Gasteiger partial charge in [0.1, 0.15) is 0 Å². The molecule has 0 unspecified atom stereocenters. The van der Waals surface area contributed by atoms with E-state index in [0.717, 1.165) is 0 Å². The van der Waals surface area contributed by atoms with Gasteiger partial charge in [-0.05, 0) is 13.3 Å². The van der Waals surface area contributed by atoms with Gasteiger partial charge >= 0.3 is 0 Å². The normalized spacial score (nSPS) is 23.4. The van der Waals surface area contributed by atoms with Gasteiger partial charge in [-0.25, -0.2) is 0 Å². The van der Waals surface area contributed by atoms with Crippen molar-refractivity contribution in [3.63, 3.8) is 0 Å². The minimum atomic E-state index is 0.557. The van der Waals surface area contributed by atoms with Crippen molar-refractivity contribution >= 4 is 0 Å². The van der Waals surface area contributed by atoms with Crippen LogP contribution in [-0.4, -0.2) is 29.6 Å². The second-order valence-electron chi connectivity index (χ2n) is 3.19. The summed E-state index contributed by atoms with van der Waals surface area (Å²) in [6.07, 6.45) is 7.45.